The number of rotatable bonds is 5. The molecule has 102 valence electrons. The highest BCUT2D eigenvalue weighted by Gasteiger charge is 2.15. The zero-order chi connectivity index (χ0) is 13.7. The van der Waals surface area contributed by atoms with E-state index in [1.54, 1.807) is 6.07 Å². The predicted molar refractivity (Wildman–Crippen MR) is 69.4 cm³/mol. The lowest BCUT2D eigenvalue weighted by Gasteiger charge is -2.11. The van der Waals surface area contributed by atoms with Crippen LogP contribution in [0.1, 0.15) is 43.2 Å². The Balaban J connectivity index is 1.84. The minimum absolute atomic E-state index is 0.0182. The second kappa shape index (κ2) is 6.63. The fourth-order valence-electron chi connectivity index (χ4n) is 2.66. The van der Waals surface area contributed by atoms with Crippen LogP contribution in [-0.4, -0.2) is 6.54 Å². The van der Waals surface area contributed by atoms with E-state index in [0.717, 1.165) is 31.0 Å². The van der Waals surface area contributed by atoms with E-state index in [1.807, 2.05) is 0 Å². The number of nitrogens with zero attached hydrogens (tertiary/aromatic N) is 1. The Kier molecular flexibility index (Phi) is 4.86. The Morgan fingerprint density at radius 3 is 2.42 bits per heavy atom. The SMILES string of the molecule is N#Cc1cc(F)c(CNCCC2CCCC2)c(F)c1. The standard InChI is InChI=1S/C15H18F2N2/c16-14-7-12(9-18)8-15(17)13(14)10-19-6-5-11-3-1-2-4-11/h7-8,11,19H,1-6,10H2. The molecule has 4 heteroatoms. The first kappa shape index (κ1) is 14.0. The number of hydrogen-bond acceptors (Lipinski definition) is 2. The second-order valence-electron chi connectivity index (χ2n) is 5.15. The van der Waals surface area contributed by atoms with Crippen molar-refractivity contribution in [2.24, 2.45) is 5.92 Å². The van der Waals surface area contributed by atoms with Crippen molar-refractivity contribution in [1.29, 1.82) is 5.26 Å². The van der Waals surface area contributed by atoms with Crippen molar-refractivity contribution >= 4 is 0 Å². The van der Waals surface area contributed by atoms with Crippen LogP contribution in [0.15, 0.2) is 12.1 Å². The zero-order valence-corrected chi connectivity index (χ0v) is 10.9. The van der Waals surface area contributed by atoms with Crippen LogP contribution in [0.4, 0.5) is 8.78 Å². The van der Waals surface area contributed by atoms with Crippen molar-refractivity contribution in [3.8, 4) is 6.07 Å². The smallest absolute Gasteiger partial charge is 0.131 e. The molecule has 1 fully saturated rings. The Labute approximate surface area is 112 Å². The Bertz CT molecular complexity index is 451. The Morgan fingerprint density at radius 2 is 1.84 bits per heavy atom. The van der Waals surface area contributed by atoms with Crippen molar-refractivity contribution < 1.29 is 8.78 Å². The van der Waals surface area contributed by atoms with Gasteiger partial charge in [0, 0.05) is 12.1 Å². The largest absolute Gasteiger partial charge is 0.312 e. The van der Waals surface area contributed by atoms with Gasteiger partial charge in [-0.3, -0.25) is 0 Å². The van der Waals surface area contributed by atoms with Crippen molar-refractivity contribution in [3.05, 3.63) is 34.9 Å². The van der Waals surface area contributed by atoms with Crippen LogP contribution in [-0.2, 0) is 6.54 Å². The fraction of sp³-hybridized carbons (Fsp3) is 0.533. The highest BCUT2D eigenvalue weighted by Crippen LogP contribution is 2.27. The molecule has 2 rings (SSSR count). The molecule has 0 radical (unpaired) electrons. The highest BCUT2D eigenvalue weighted by atomic mass is 19.1. The van der Waals surface area contributed by atoms with Gasteiger partial charge in [0.2, 0.25) is 0 Å². The van der Waals surface area contributed by atoms with Crippen molar-refractivity contribution in [3.63, 3.8) is 0 Å². The molecular weight excluding hydrogens is 246 g/mol. The third-order valence-corrected chi connectivity index (χ3v) is 3.78. The molecule has 1 aromatic carbocycles. The maximum absolute atomic E-state index is 13.6. The summed E-state index contributed by atoms with van der Waals surface area (Å²) in [4.78, 5) is 0. The average molecular weight is 264 g/mol. The van der Waals surface area contributed by atoms with Gasteiger partial charge in [-0.2, -0.15) is 5.26 Å². The molecule has 0 aromatic heterocycles. The summed E-state index contributed by atoms with van der Waals surface area (Å²) in [6.07, 6.45) is 6.25. The van der Waals surface area contributed by atoms with Gasteiger partial charge in [0.15, 0.2) is 0 Å². The molecule has 0 spiro atoms. The summed E-state index contributed by atoms with van der Waals surface area (Å²) >= 11 is 0. The van der Waals surface area contributed by atoms with E-state index in [2.05, 4.69) is 5.32 Å². The Morgan fingerprint density at radius 1 is 1.21 bits per heavy atom. The van der Waals surface area contributed by atoms with Gasteiger partial charge in [-0.15, -0.1) is 0 Å². The molecular formula is C15H18F2N2. The molecule has 0 aliphatic heterocycles. The van der Waals surface area contributed by atoms with Gasteiger partial charge in [0.05, 0.1) is 11.6 Å². The van der Waals surface area contributed by atoms with E-state index < -0.39 is 11.6 Å². The Hall–Kier alpha value is -1.47. The zero-order valence-electron chi connectivity index (χ0n) is 10.9. The summed E-state index contributed by atoms with van der Waals surface area (Å²) in [5, 5.41) is 11.7. The van der Waals surface area contributed by atoms with Gasteiger partial charge in [0.25, 0.3) is 0 Å². The molecule has 0 saturated heterocycles. The maximum Gasteiger partial charge on any atom is 0.131 e. The van der Waals surface area contributed by atoms with Crippen LogP contribution in [0.5, 0.6) is 0 Å². The summed E-state index contributed by atoms with van der Waals surface area (Å²) in [7, 11) is 0. The van der Waals surface area contributed by atoms with E-state index in [1.165, 1.54) is 25.7 Å². The first-order valence-corrected chi connectivity index (χ1v) is 6.79. The minimum Gasteiger partial charge on any atom is -0.312 e. The number of hydrogen-bond donors (Lipinski definition) is 1. The van der Waals surface area contributed by atoms with E-state index in [9.17, 15) is 8.78 Å². The maximum atomic E-state index is 13.6. The van der Waals surface area contributed by atoms with Gasteiger partial charge in [-0.25, -0.2) is 8.78 Å². The molecule has 0 amide bonds. The lowest BCUT2D eigenvalue weighted by molar-refractivity contribution is 0.468. The first-order valence-electron chi connectivity index (χ1n) is 6.79. The fourth-order valence-corrected chi connectivity index (χ4v) is 2.66. The topological polar surface area (TPSA) is 35.8 Å². The molecule has 1 aliphatic carbocycles. The molecule has 0 unspecified atom stereocenters. The number of halogens is 2. The van der Waals surface area contributed by atoms with E-state index in [-0.39, 0.29) is 17.7 Å². The third kappa shape index (κ3) is 3.74. The monoisotopic (exact) mass is 264 g/mol. The highest BCUT2D eigenvalue weighted by molar-refractivity contribution is 5.34. The summed E-state index contributed by atoms with van der Waals surface area (Å²) in [5.41, 5.74) is 0.0372. The third-order valence-electron chi connectivity index (χ3n) is 3.78. The number of benzene rings is 1. The normalized spacial score (nSPS) is 15.6. The molecule has 1 N–H and O–H groups in total. The van der Waals surface area contributed by atoms with Crippen molar-refractivity contribution in [1.82, 2.24) is 5.32 Å². The number of nitriles is 1. The molecule has 1 saturated carbocycles. The van der Waals surface area contributed by atoms with Crippen LogP contribution in [0.3, 0.4) is 0 Å². The van der Waals surface area contributed by atoms with E-state index >= 15 is 0 Å². The molecule has 19 heavy (non-hydrogen) atoms. The summed E-state index contributed by atoms with van der Waals surface area (Å²) in [6, 6.07) is 3.90. The van der Waals surface area contributed by atoms with Gasteiger partial charge in [-0.05, 0) is 31.0 Å². The minimum atomic E-state index is -0.648. The van der Waals surface area contributed by atoms with Crippen LogP contribution >= 0.6 is 0 Å². The molecule has 0 bridgehead atoms. The summed E-state index contributed by atoms with van der Waals surface area (Å²) in [5.74, 6) is -0.530. The molecule has 1 aliphatic rings. The van der Waals surface area contributed by atoms with Crippen LogP contribution in [0.25, 0.3) is 0 Å². The van der Waals surface area contributed by atoms with Gasteiger partial charge < -0.3 is 5.32 Å². The van der Waals surface area contributed by atoms with Crippen LogP contribution in [0.2, 0.25) is 0 Å². The summed E-state index contributed by atoms with van der Waals surface area (Å²) in [6.45, 7) is 0.958. The average Bonchev–Trinajstić information content (AvgIpc) is 2.89. The predicted octanol–water partition coefficient (Wildman–Crippen LogP) is 3.51. The number of nitrogens with one attached hydrogen (secondary N) is 1. The first-order chi connectivity index (χ1) is 9.20. The lowest BCUT2D eigenvalue weighted by atomic mass is 10.0. The van der Waals surface area contributed by atoms with Crippen molar-refractivity contribution in [2.75, 3.05) is 6.54 Å². The summed E-state index contributed by atoms with van der Waals surface area (Å²) < 4.78 is 27.2. The lowest BCUT2D eigenvalue weighted by Crippen LogP contribution is -2.18. The van der Waals surface area contributed by atoms with Gasteiger partial charge >= 0.3 is 0 Å². The van der Waals surface area contributed by atoms with Gasteiger partial charge in [-0.1, -0.05) is 25.7 Å². The molecule has 0 heterocycles. The van der Waals surface area contributed by atoms with E-state index in [4.69, 9.17) is 5.26 Å². The van der Waals surface area contributed by atoms with E-state index in [0.29, 0.717) is 0 Å². The quantitative estimate of drug-likeness (QED) is 0.826. The second-order valence-corrected chi connectivity index (χ2v) is 5.15. The van der Waals surface area contributed by atoms with Crippen LogP contribution in [0, 0.1) is 28.9 Å². The van der Waals surface area contributed by atoms with Gasteiger partial charge in [0.1, 0.15) is 11.6 Å². The molecule has 0 atom stereocenters. The molecule has 2 nitrogen and oxygen atoms in total. The van der Waals surface area contributed by atoms with Crippen LogP contribution < -0.4 is 5.32 Å². The van der Waals surface area contributed by atoms with Crippen molar-refractivity contribution in [2.45, 2.75) is 38.6 Å². The molecule has 1 aromatic rings.